The van der Waals surface area contributed by atoms with Crippen LogP contribution in [0.1, 0.15) is 36.2 Å². The van der Waals surface area contributed by atoms with Crippen molar-refractivity contribution in [3.05, 3.63) is 65.2 Å². The first-order chi connectivity index (χ1) is 20.4. The third-order valence-electron chi connectivity index (χ3n) is 6.61. The molecule has 1 fully saturated rings. The van der Waals surface area contributed by atoms with E-state index in [2.05, 4.69) is 4.98 Å². The summed E-state index contributed by atoms with van der Waals surface area (Å²) in [4.78, 5) is 31.3. The number of likely N-dealkylation sites (tertiary alicyclic amines) is 1. The number of carbonyl (C=O) groups is 2. The number of phenolic OH excluding ortho intramolecular Hbond substituents is 1. The number of nitrogens with one attached hydrogen (secondary N) is 1. The summed E-state index contributed by atoms with van der Waals surface area (Å²) in [5, 5.41) is 17.9. The molecule has 2 atom stereocenters. The lowest BCUT2D eigenvalue weighted by Gasteiger charge is -2.25. The van der Waals surface area contributed by atoms with Crippen molar-refractivity contribution in [2.45, 2.75) is 32.4 Å². The Labute approximate surface area is 246 Å². The van der Waals surface area contributed by atoms with E-state index in [0.717, 1.165) is 0 Å². The van der Waals surface area contributed by atoms with Gasteiger partial charge in [-0.25, -0.2) is 4.79 Å². The molecule has 4 N–H and O–H groups in total. The smallest absolute Gasteiger partial charge is 0.410 e. The Kier molecular flexibility index (Phi) is 9.17. The van der Waals surface area contributed by atoms with Gasteiger partial charge in [0.05, 0.1) is 12.6 Å². The predicted octanol–water partition coefficient (Wildman–Crippen LogP) is 4.63. The van der Waals surface area contributed by atoms with E-state index < -0.39 is 53.1 Å². The highest BCUT2D eigenvalue weighted by Gasteiger charge is 2.38. The first-order valence-electron chi connectivity index (χ1n) is 13.2. The van der Waals surface area contributed by atoms with Gasteiger partial charge in [-0.3, -0.25) is 10.2 Å². The maximum atomic E-state index is 15.8. The Bertz CT molecular complexity index is 1550. The molecule has 14 heteroatoms. The molecule has 2 aromatic carbocycles. The number of nitrogen functional groups attached to an aromatic ring is 1. The first kappa shape index (κ1) is 30.8. The van der Waals surface area contributed by atoms with Gasteiger partial charge in [0.2, 0.25) is 17.4 Å². The molecule has 0 saturated carbocycles. The summed E-state index contributed by atoms with van der Waals surface area (Å²) in [6.07, 6.45) is -1.19. The normalized spacial score (nSPS) is 16.0. The minimum Gasteiger partial charge on any atom is -0.504 e. The number of aromatic hydroxyl groups is 1. The molecule has 1 saturated heterocycles. The molecular weight excluding hydrogens is 568 g/mol. The number of rotatable bonds is 9. The summed E-state index contributed by atoms with van der Waals surface area (Å²) >= 11 is 0. The molecule has 0 radical (unpaired) electrons. The van der Waals surface area contributed by atoms with Crippen LogP contribution in [-0.2, 0) is 4.74 Å². The molecule has 4 rings (SSSR count). The molecular formula is C29H31F2N5O7. The van der Waals surface area contributed by atoms with Crippen molar-refractivity contribution in [3.63, 3.8) is 0 Å². The number of amidine groups is 1. The number of aromatic nitrogens is 1. The van der Waals surface area contributed by atoms with E-state index in [0.29, 0.717) is 0 Å². The fourth-order valence-electron chi connectivity index (χ4n) is 4.33. The summed E-state index contributed by atoms with van der Waals surface area (Å²) in [6, 6.07) is 8.94. The fourth-order valence-corrected chi connectivity index (χ4v) is 4.33. The van der Waals surface area contributed by atoms with Crippen LogP contribution in [0.3, 0.4) is 0 Å². The molecule has 3 aromatic rings. The van der Waals surface area contributed by atoms with Gasteiger partial charge in [0.25, 0.3) is 17.7 Å². The molecule has 0 spiro atoms. The van der Waals surface area contributed by atoms with Gasteiger partial charge >= 0.3 is 6.09 Å². The van der Waals surface area contributed by atoms with Crippen LogP contribution >= 0.6 is 0 Å². The molecule has 2 heterocycles. The van der Waals surface area contributed by atoms with Crippen LogP contribution in [0, 0.1) is 17.0 Å². The van der Waals surface area contributed by atoms with Crippen molar-refractivity contribution in [1.82, 2.24) is 14.8 Å². The molecule has 228 valence electrons. The zero-order valence-corrected chi connectivity index (χ0v) is 23.9. The summed E-state index contributed by atoms with van der Waals surface area (Å²) < 4.78 is 53.7. The Morgan fingerprint density at radius 1 is 1.12 bits per heavy atom. The van der Waals surface area contributed by atoms with Crippen molar-refractivity contribution < 1.29 is 42.4 Å². The Morgan fingerprint density at radius 2 is 1.81 bits per heavy atom. The molecule has 12 nitrogen and oxygen atoms in total. The van der Waals surface area contributed by atoms with E-state index in [1.165, 1.54) is 52.3 Å². The van der Waals surface area contributed by atoms with E-state index in [4.69, 9.17) is 30.1 Å². The van der Waals surface area contributed by atoms with Crippen LogP contribution in [0.2, 0.25) is 0 Å². The quantitative estimate of drug-likeness (QED) is 0.235. The van der Waals surface area contributed by atoms with Crippen LogP contribution in [0.4, 0.5) is 13.6 Å². The van der Waals surface area contributed by atoms with Crippen molar-refractivity contribution in [2.75, 3.05) is 27.2 Å². The van der Waals surface area contributed by atoms with Crippen molar-refractivity contribution >= 4 is 17.8 Å². The van der Waals surface area contributed by atoms with Gasteiger partial charge in [-0.05, 0) is 50.2 Å². The Morgan fingerprint density at radius 3 is 2.47 bits per heavy atom. The number of amides is 2. The Hall–Kier alpha value is -5.14. The number of carbonyl (C=O) groups excluding carboxylic acids is 2. The van der Waals surface area contributed by atoms with Gasteiger partial charge in [-0.2, -0.15) is 13.8 Å². The minimum absolute atomic E-state index is 0.00625. The lowest BCUT2D eigenvalue weighted by Crippen LogP contribution is -2.39. The molecule has 1 aliphatic rings. The average Bonchev–Trinajstić information content (AvgIpc) is 3.34. The summed E-state index contributed by atoms with van der Waals surface area (Å²) in [5.74, 6) is -6.58. The van der Waals surface area contributed by atoms with Crippen molar-refractivity contribution in [3.8, 4) is 34.8 Å². The monoisotopic (exact) mass is 599 g/mol. The fraction of sp³-hybridized carbons (Fsp3) is 0.310. The summed E-state index contributed by atoms with van der Waals surface area (Å²) in [7, 11) is 3.13. The second kappa shape index (κ2) is 12.8. The second-order valence-corrected chi connectivity index (χ2v) is 9.78. The van der Waals surface area contributed by atoms with E-state index in [1.807, 2.05) is 0 Å². The van der Waals surface area contributed by atoms with Gasteiger partial charge in [-0.15, -0.1) is 0 Å². The number of nitrogens with two attached hydrogens (primary N) is 1. The van der Waals surface area contributed by atoms with Crippen LogP contribution in [-0.4, -0.2) is 77.1 Å². The SMILES string of the molecule is CCOC(=O)N1CCC(Oc2c(F)c(Oc3cccc(C(=O)N(C)C)c3)nc(Oc3cc(C(=N)N)ccc3O)c2F)C1C. The molecule has 1 aromatic heterocycles. The second-order valence-electron chi connectivity index (χ2n) is 9.78. The highest BCUT2D eigenvalue weighted by Crippen LogP contribution is 2.41. The molecule has 0 bridgehead atoms. The molecule has 43 heavy (non-hydrogen) atoms. The van der Waals surface area contributed by atoms with Crippen LogP contribution in [0.25, 0.3) is 0 Å². The highest BCUT2D eigenvalue weighted by atomic mass is 19.1. The van der Waals surface area contributed by atoms with Gasteiger partial charge in [0.1, 0.15) is 17.7 Å². The third kappa shape index (κ3) is 6.68. The highest BCUT2D eigenvalue weighted by molar-refractivity contribution is 5.95. The predicted molar refractivity (Wildman–Crippen MR) is 150 cm³/mol. The standard InChI is InChI=1S/C29H31F2N5O7/c1-5-40-29(39)36-12-11-20(15(36)2)42-24-22(30)26(41-18-8-6-7-17(13-18)28(38)35(3)4)34-27(23(24)31)43-21-14-16(25(32)33)9-10-19(21)37/h6-10,13-15,20,37H,5,11-12H2,1-4H3,(H3,32,33). The van der Waals surface area contributed by atoms with E-state index in [-0.39, 0.29) is 53.9 Å². The number of ether oxygens (including phenoxy) is 4. The lowest BCUT2D eigenvalue weighted by atomic mass is 10.2. The number of hydrogen-bond acceptors (Lipinski definition) is 9. The topological polar surface area (TPSA) is 161 Å². The number of nitrogens with zero attached hydrogens (tertiary/aromatic N) is 3. The summed E-state index contributed by atoms with van der Waals surface area (Å²) in [5.41, 5.74) is 5.92. The third-order valence-corrected chi connectivity index (χ3v) is 6.61. The number of hydrogen-bond donors (Lipinski definition) is 3. The first-order valence-corrected chi connectivity index (χ1v) is 13.2. The largest absolute Gasteiger partial charge is 0.504 e. The molecule has 2 unspecified atom stereocenters. The number of halogens is 2. The maximum absolute atomic E-state index is 15.8. The van der Waals surface area contributed by atoms with Crippen LogP contribution in [0.15, 0.2) is 42.5 Å². The van der Waals surface area contributed by atoms with E-state index in [9.17, 15) is 14.7 Å². The van der Waals surface area contributed by atoms with Crippen LogP contribution < -0.4 is 19.9 Å². The van der Waals surface area contributed by atoms with Gasteiger partial charge in [0, 0.05) is 38.2 Å². The number of pyridine rings is 1. The zero-order chi connectivity index (χ0) is 31.4. The van der Waals surface area contributed by atoms with E-state index in [1.54, 1.807) is 27.9 Å². The zero-order valence-electron chi connectivity index (χ0n) is 23.9. The molecule has 2 amide bonds. The average molecular weight is 600 g/mol. The van der Waals surface area contributed by atoms with Gasteiger partial charge < -0.3 is 39.6 Å². The number of benzene rings is 2. The summed E-state index contributed by atoms with van der Waals surface area (Å²) in [6.45, 7) is 3.69. The number of phenols is 1. The van der Waals surface area contributed by atoms with Crippen molar-refractivity contribution in [1.29, 1.82) is 5.41 Å². The minimum atomic E-state index is -1.35. The molecule has 1 aliphatic heterocycles. The van der Waals surface area contributed by atoms with E-state index >= 15 is 8.78 Å². The molecule has 0 aliphatic carbocycles. The van der Waals surface area contributed by atoms with Gasteiger partial charge in [0.15, 0.2) is 11.5 Å². The van der Waals surface area contributed by atoms with Crippen molar-refractivity contribution in [2.24, 2.45) is 5.73 Å². The maximum Gasteiger partial charge on any atom is 0.410 e. The van der Waals surface area contributed by atoms with Crippen LogP contribution in [0.5, 0.6) is 34.8 Å². The lowest BCUT2D eigenvalue weighted by molar-refractivity contribution is 0.0826. The Balaban J connectivity index is 1.75. The van der Waals surface area contributed by atoms with Gasteiger partial charge in [-0.1, -0.05) is 6.07 Å².